The van der Waals surface area contributed by atoms with Crippen LogP contribution < -0.4 is 0 Å². The molecule has 0 spiro atoms. The second kappa shape index (κ2) is 8.06. The standard InChI is InChI=1S/C19H29N3O3S/c1-16-3-5-18(6-4-16)26(24,25)22-13-11-21(12-14-22)19(23)15-20-9-7-17(2)8-10-20/h3-6,17H,7-15H2,1-2H3. The number of carbonyl (C=O) groups excluding carboxylic acids is 1. The largest absolute Gasteiger partial charge is 0.339 e. The zero-order valence-electron chi connectivity index (χ0n) is 15.7. The van der Waals surface area contributed by atoms with E-state index in [1.165, 1.54) is 4.31 Å². The zero-order valence-corrected chi connectivity index (χ0v) is 16.5. The van der Waals surface area contributed by atoms with E-state index in [9.17, 15) is 13.2 Å². The van der Waals surface area contributed by atoms with E-state index in [2.05, 4.69) is 11.8 Å². The summed E-state index contributed by atoms with van der Waals surface area (Å²) < 4.78 is 27.0. The number of likely N-dealkylation sites (tertiary alicyclic amines) is 1. The minimum atomic E-state index is -3.48. The van der Waals surface area contributed by atoms with Crippen LogP contribution in [-0.2, 0) is 14.8 Å². The van der Waals surface area contributed by atoms with Gasteiger partial charge in [-0.2, -0.15) is 4.31 Å². The van der Waals surface area contributed by atoms with Gasteiger partial charge in [-0.05, 0) is 50.9 Å². The van der Waals surface area contributed by atoms with Crippen LogP contribution in [-0.4, -0.2) is 74.2 Å². The normalized spacial score (nSPS) is 21.1. The van der Waals surface area contributed by atoms with Crippen LogP contribution in [0.4, 0.5) is 0 Å². The number of amides is 1. The fourth-order valence-corrected chi connectivity index (χ4v) is 4.97. The molecule has 6 nitrogen and oxygen atoms in total. The van der Waals surface area contributed by atoms with Crippen molar-refractivity contribution in [3.05, 3.63) is 29.8 Å². The molecule has 2 fully saturated rings. The summed E-state index contributed by atoms with van der Waals surface area (Å²) in [5, 5.41) is 0. The van der Waals surface area contributed by atoms with Crippen LogP contribution in [0.15, 0.2) is 29.2 Å². The van der Waals surface area contributed by atoms with E-state index in [1.807, 2.05) is 19.1 Å². The Morgan fingerprint density at radius 1 is 1.00 bits per heavy atom. The molecule has 1 amide bonds. The Balaban J connectivity index is 1.53. The third kappa shape index (κ3) is 4.45. The summed E-state index contributed by atoms with van der Waals surface area (Å²) in [6.07, 6.45) is 2.30. The molecule has 7 heteroatoms. The predicted molar refractivity (Wildman–Crippen MR) is 101 cm³/mol. The molecule has 0 N–H and O–H groups in total. The van der Waals surface area contributed by atoms with E-state index in [1.54, 1.807) is 17.0 Å². The monoisotopic (exact) mass is 379 g/mol. The van der Waals surface area contributed by atoms with E-state index < -0.39 is 10.0 Å². The molecule has 0 aromatic heterocycles. The van der Waals surface area contributed by atoms with Crippen LogP contribution in [0.1, 0.15) is 25.3 Å². The number of hydrogen-bond acceptors (Lipinski definition) is 4. The number of piperazine rings is 1. The van der Waals surface area contributed by atoms with Gasteiger partial charge < -0.3 is 4.90 Å². The van der Waals surface area contributed by atoms with Crippen LogP contribution in [0.2, 0.25) is 0 Å². The van der Waals surface area contributed by atoms with Gasteiger partial charge in [0.05, 0.1) is 11.4 Å². The summed E-state index contributed by atoms with van der Waals surface area (Å²) in [6, 6.07) is 6.93. The SMILES string of the molecule is Cc1ccc(S(=O)(=O)N2CCN(C(=O)CN3CCC(C)CC3)CC2)cc1. The highest BCUT2D eigenvalue weighted by Crippen LogP contribution is 2.19. The van der Waals surface area contributed by atoms with Gasteiger partial charge in [0.15, 0.2) is 0 Å². The fourth-order valence-electron chi connectivity index (χ4n) is 3.55. The molecule has 26 heavy (non-hydrogen) atoms. The van der Waals surface area contributed by atoms with Crippen molar-refractivity contribution in [2.45, 2.75) is 31.6 Å². The van der Waals surface area contributed by atoms with Crippen LogP contribution in [0.5, 0.6) is 0 Å². The second-order valence-electron chi connectivity index (χ2n) is 7.56. The van der Waals surface area contributed by atoms with Crippen LogP contribution in [0, 0.1) is 12.8 Å². The summed E-state index contributed by atoms with van der Waals surface area (Å²) >= 11 is 0. The lowest BCUT2D eigenvalue weighted by atomic mass is 9.99. The van der Waals surface area contributed by atoms with E-state index in [0.29, 0.717) is 37.6 Å². The summed E-state index contributed by atoms with van der Waals surface area (Å²) in [6.45, 7) is 8.26. The molecule has 0 aliphatic carbocycles. The maximum atomic E-state index is 12.7. The molecule has 3 rings (SSSR count). The number of carbonyl (C=O) groups is 1. The molecule has 2 heterocycles. The predicted octanol–water partition coefficient (Wildman–Crippen LogP) is 1.56. The molecule has 0 bridgehead atoms. The van der Waals surface area contributed by atoms with Gasteiger partial charge in [-0.1, -0.05) is 24.6 Å². The number of piperidine rings is 1. The highest BCUT2D eigenvalue weighted by molar-refractivity contribution is 7.89. The van der Waals surface area contributed by atoms with Gasteiger partial charge in [0, 0.05) is 26.2 Å². The van der Waals surface area contributed by atoms with Gasteiger partial charge in [-0.3, -0.25) is 9.69 Å². The smallest absolute Gasteiger partial charge is 0.243 e. The van der Waals surface area contributed by atoms with E-state index in [4.69, 9.17) is 0 Å². The average Bonchev–Trinajstić information content (AvgIpc) is 2.64. The van der Waals surface area contributed by atoms with Gasteiger partial charge >= 0.3 is 0 Å². The van der Waals surface area contributed by atoms with Crippen LogP contribution >= 0.6 is 0 Å². The molecule has 2 aliphatic rings. The number of hydrogen-bond donors (Lipinski definition) is 0. The molecule has 2 saturated heterocycles. The third-order valence-corrected chi connectivity index (χ3v) is 7.40. The lowest BCUT2D eigenvalue weighted by Gasteiger charge is -2.36. The van der Waals surface area contributed by atoms with Crippen molar-refractivity contribution < 1.29 is 13.2 Å². The Morgan fingerprint density at radius 2 is 1.58 bits per heavy atom. The number of rotatable bonds is 4. The second-order valence-corrected chi connectivity index (χ2v) is 9.49. The zero-order chi connectivity index (χ0) is 18.7. The number of nitrogens with zero attached hydrogens (tertiary/aromatic N) is 3. The number of benzene rings is 1. The number of aryl methyl sites for hydroxylation is 1. The van der Waals surface area contributed by atoms with E-state index >= 15 is 0 Å². The van der Waals surface area contributed by atoms with Crippen molar-refractivity contribution in [2.24, 2.45) is 5.92 Å². The Bertz CT molecular complexity index is 717. The summed E-state index contributed by atoms with van der Waals surface area (Å²) in [7, 11) is -3.48. The molecule has 0 atom stereocenters. The Morgan fingerprint density at radius 3 is 2.15 bits per heavy atom. The molecule has 2 aliphatic heterocycles. The highest BCUT2D eigenvalue weighted by atomic mass is 32.2. The van der Waals surface area contributed by atoms with Crippen molar-refractivity contribution in [1.82, 2.24) is 14.1 Å². The first-order valence-electron chi connectivity index (χ1n) is 9.43. The fraction of sp³-hybridized carbons (Fsp3) is 0.632. The van der Waals surface area contributed by atoms with Gasteiger partial charge in [-0.15, -0.1) is 0 Å². The first-order valence-corrected chi connectivity index (χ1v) is 10.9. The molecule has 144 valence electrons. The molecule has 0 saturated carbocycles. The average molecular weight is 380 g/mol. The maximum absolute atomic E-state index is 12.7. The minimum absolute atomic E-state index is 0.118. The summed E-state index contributed by atoms with van der Waals surface area (Å²) in [5.41, 5.74) is 1.03. The van der Waals surface area contributed by atoms with Crippen molar-refractivity contribution in [2.75, 3.05) is 45.8 Å². The van der Waals surface area contributed by atoms with E-state index in [0.717, 1.165) is 37.4 Å². The Kier molecular flexibility index (Phi) is 5.99. The van der Waals surface area contributed by atoms with Crippen molar-refractivity contribution >= 4 is 15.9 Å². The van der Waals surface area contributed by atoms with Crippen LogP contribution in [0.25, 0.3) is 0 Å². The first kappa shape index (κ1) is 19.3. The van der Waals surface area contributed by atoms with Gasteiger partial charge in [0.1, 0.15) is 0 Å². The minimum Gasteiger partial charge on any atom is -0.339 e. The summed E-state index contributed by atoms with van der Waals surface area (Å²) in [4.78, 5) is 16.9. The van der Waals surface area contributed by atoms with Crippen LogP contribution in [0.3, 0.4) is 0 Å². The van der Waals surface area contributed by atoms with E-state index in [-0.39, 0.29) is 5.91 Å². The third-order valence-electron chi connectivity index (χ3n) is 5.49. The Labute approximate surface area is 156 Å². The topological polar surface area (TPSA) is 60.9 Å². The molecule has 0 radical (unpaired) electrons. The number of sulfonamides is 1. The maximum Gasteiger partial charge on any atom is 0.243 e. The van der Waals surface area contributed by atoms with Gasteiger partial charge in [0.2, 0.25) is 15.9 Å². The van der Waals surface area contributed by atoms with Crippen molar-refractivity contribution in [3.8, 4) is 0 Å². The molecule has 1 aromatic carbocycles. The first-order chi connectivity index (χ1) is 12.4. The highest BCUT2D eigenvalue weighted by Gasteiger charge is 2.30. The lowest BCUT2D eigenvalue weighted by molar-refractivity contribution is -0.133. The van der Waals surface area contributed by atoms with Crippen molar-refractivity contribution in [3.63, 3.8) is 0 Å². The molecular formula is C19H29N3O3S. The van der Waals surface area contributed by atoms with Crippen molar-refractivity contribution in [1.29, 1.82) is 0 Å². The van der Waals surface area contributed by atoms with Gasteiger partial charge in [-0.25, -0.2) is 8.42 Å². The summed E-state index contributed by atoms with van der Waals surface area (Å²) in [5.74, 6) is 0.865. The van der Waals surface area contributed by atoms with Gasteiger partial charge in [0.25, 0.3) is 0 Å². The molecular weight excluding hydrogens is 350 g/mol. The lowest BCUT2D eigenvalue weighted by Crippen LogP contribution is -2.53. The Hall–Kier alpha value is -1.44. The molecule has 1 aromatic rings. The molecule has 0 unspecified atom stereocenters. The quantitative estimate of drug-likeness (QED) is 0.797.